The van der Waals surface area contributed by atoms with Gasteiger partial charge in [0.05, 0.1) is 0 Å². The number of nitrogens with two attached hydrogens (primary N) is 1. The van der Waals surface area contributed by atoms with E-state index in [0.29, 0.717) is 50.9 Å². The van der Waals surface area contributed by atoms with E-state index in [2.05, 4.69) is 38.1 Å². The van der Waals surface area contributed by atoms with Gasteiger partial charge in [-0.25, -0.2) is 0 Å². The van der Waals surface area contributed by atoms with Crippen LogP contribution in [0.15, 0.2) is 72.8 Å². The molecule has 0 aromatic heterocycles. The van der Waals surface area contributed by atoms with E-state index in [1.54, 1.807) is 0 Å². The third-order valence-electron chi connectivity index (χ3n) is 8.21. The van der Waals surface area contributed by atoms with Gasteiger partial charge in [0.25, 0.3) is 5.91 Å². The molecule has 1 aliphatic heterocycles. The van der Waals surface area contributed by atoms with Crippen LogP contribution in [0.3, 0.4) is 0 Å². The SMILES string of the molecule is CCC[C@H](C(N)=O)[C@@H](CC(C)C)C(=O)N1CCC(N(Cc2cccc3ccccc23)C(=O)c2ccccc2)CC1. The second kappa shape index (κ2) is 13.6. The van der Waals surface area contributed by atoms with E-state index in [1.165, 1.54) is 0 Å². The fraction of sp³-hybridized carbons (Fsp3) is 0.441. The Hall–Kier alpha value is -3.67. The predicted octanol–water partition coefficient (Wildman–Crippen LogP) is 6.04. The van der Waals surface area contributed by atoms with E-state index in [-0.39, 0.29) is 29.7 Å². The zero-order valence-corrected chi connectivity index (χ0v) is 24.1. The van der Waals surface area contributed by atoms with Crippen LogP contribution in [0.4, 0.5) is 0 Å². The van der Waals surface area contributed by atoms with Crippen molar-refractivity contribution in [1.29, 1.82) is 0 Å². The van der Waals surface area contributed by atoms with Crippen molar-refractivity contribution >= 4 is 28.5 Å². The number of primary amides is 1. The van der Waals surface area contributed by atoms with Gasteiger partial charge in [-0.05, 0) is 60.1 Å². The molecule has 0 radical (unpaired) electrons. The lowest BCUT2D eigenvalue weighted by molar-refractivity contribution is -0.143. The molecule has 1 saturated heterocycles. The van der Waals surface area contributed by atoms with Gasteiger partial charge in [-0.3, -0.25) is 14.4 Å². The highest BCUT2D eigenvalue weighted by Crippen LogP contribution is 2.30. The molecule has 212 valence electrons. The first-order valence-corrected chi connectivity index (χ1v) is 14.7. The van der Waals surface area contributed by atoms with Gasteiger partial charge >= 0.3 is 0 Å². The monoisotopic (exact) mass is 541 g/mol. The van der Waals surface area contributed by atoms with E-state index in [0.717, 1.165) is 22.8 Å². The molecular weight excluding hydrogens is 498 g/mol. The summed E-state index contributed by atoms with van der Waals surface area (Å²) in [4.78, 5) is 43.8. The van der Waals surface area contributed by atoms with Crippen LogP contribution in [0.25, 0.3) is 10.8 Å². The van der Waals surface area contributed by atoms with Crippen LogP contribution in [0.2, 0.25) is 0 Å². The van der Waals surface area contributed by atoms with Crippen LogP contribution in [-0.4, -0.2) is 46.7 Å². The lowest BCUT2D eigenvalue weighted by Gasteiger charge is -2.40. The summed E-state index contributed by atoms with van der Waals surface area (Å²) in [5.41, 5.74) is 7.56. The van der Waals surface area contributed by atoms with Gasteiger partial charge in [0.1, 0.15) is 0 Å². The third-order valence-corrected chi connectivity index (χ3v) is 8.21. The molecule has 3 aromatic carbocycles. The van der Waals surface area contributed by atoms with Gasteiger partial charge in [0.15, 0.2) is 0 Å². The number of piperidine rings is 1. The highest BCUT2D eigenvalue weighted by molar-refractivity contribution is 5.95. The fourth-order valence-electron chi connectivity index (χ4n) is 6.16. The summed E-state index contributed by atoms with van der Waals surface area (Å²) < 4.78 is 0. The number of likely N-dealkylation sites (tertiary alicyclic amines) is 1. The van der Waals surface area contributed by atoms with Crippen LogP contribution in [0.5, 0.6) is 0 Å². The molecule has 1 heterocycles. The molecule has 0 unspecified atom stereocenters. The average Bonchev–Trinajstić information content (AvgIpc) is 2.97. The lowest BCUT2D eigenvalue weighted by atomic mass is 9.81. The van der Waals surface area contributed by atoms with Crippen molar-refractivity contribution < 1.29 is 14.4 Å². The van der Waals surface area contributed by atoms with Crippen LogP contribution >= 0.6 is 0 Å². The first-order valence-electron chi connectivity index (χ1n) is 14.7. The first kappa shape index (κ1) is 29.3. The Kier molecular flexibility index (Phi) is 9.97. The maximum absolute atomic E-state index is 13.9. The molecule has 4 rings (SSSR count). The topological polar surface area (TPSA) is 83.7 Å². The van der Waals surface area contributed by atoms with E-state index >= 15 is 0 Å². The summed E-state index contributed by atoms with van der Waals surface area (Å²) in [6.07, 6.45) is 3.46. The van der Waals surface area contributed by atoms with E-state index in [1.807, 2.05) is 65.3 Å². The molecule has 1 aliphatic rings. The van der Waals surface area contributed by atoms with Crippen molar-refractivity contribution in [2.24, 2.45) is 23.5 Å². The Bertz CT molecular complexity index is 1290. The van der Waals surface area contributed by atoms with Crippen LogP contribution < -0.4 is 5.73 Å². The number of hydrogen-bond donors (Lipinski definition) is 1. The Morgan fingerprint density at radius 3 is 2.20 bits per heavy atom. The molecule has 6 nitrogen and oxygen atoms in total. The van der Waals surface area contributed by atoms with Crippen molar-refractivity contribution in [3.8, 4) is 0 Å². The quantitative estimate of drug-likeness (QED) is 0.321. The van der Waals surface area contributed by atoms with Crippen LogP contribution in [0.1, 0.15) is 68.8 Å². The second-order valence-electron chi connectivity index (χ2n) is 11.5. The number of nitrogens with zero attached hydrogens (tertiary/aromatic N) is 2. The van der Waals surface area contributed by atoms with Gasteiger partial charge in [0.2, 0.25) is 11.8 Å². The van der Waals surface area contributed by atoms with Crippen LogP contribution in [0, 0.1) is 17.8 Å². The number of fused-ring (bicyclic) bond motifs is 1. The minimum Gasteiger partial charge on any atom is -0.369 e. The number of benzene rings is 3. The molecule has 1 fully saturated rings. The molecular formula is C34H43N3O3. The van der Waals surface area contributed by atoms with Gasteiger partial charge in [0, 0.05) is 43.1 Å². The smallest absolute Gasteiger partial charge is 0.254 e. The normalized spacial score (nSPS) is 15.7. The largest absolute Gasteiger partial charge is 0.369 e. The molecule has 3 amide bonds. The zero-order valence-electron chi connectivity index (χ0n) is 24.1. The summed E-state index contributed by atoms with van der Waals surface area (Å²) in [6.45, 7) is 7.80. The van der Waals surface area contributed by atoms with Gasteiger partial charge in [-0.1, -0.05) is 87.9 Å². The number of amides is 3. The predicted molar refractivity (Wildman–Crippen MR) is 160 cm³/mol. The maximum Gasteiger partial charge on any atom is 0.254 e. The van der Waals surface area contributed by atoms with Crippen molar-refractivity contribution in [2.75, 3.05) is 13.1 Å². The molecule has 0 saturated carbocycles. The lowest BCUT2D eigenvalue weighted by Crippen LogP contribution is -2.51. The Morgan fingerprint density at radius 2 is 1.55 bits per heavy atom. The fourth-order valence-corrected chi connectivity index (χ4v) is 6.16. The number of carbonyl (C=O) groups excluding carboxylic acids is 3. The third kappa shape index (κ3) is 6.90. The Balaban J connectivity index is 1.55. The molecule has 0 aliphatic carbocycles. The molecule has 0 bridgehead atoms. The Labute approximate surface area is 238 Å². The van der Waals surface area contributed by atoms with Gasteiger partial charge < -0.3 is 15.5 Å². The summed E-state index contributed by atoms with van der Waals surface area (Å²) in [5.74, 6) is -0.908. The molecule has 6 heteroatoms. The maximum atomic E-state index is 13.9. The highest BCUT2D eigenvalue weighted by Gasteiger charge is 2.37. The zero-order chi connectivity index (χ0) is 28.6. The van der Waals surface area contributed by atoms with Crippen molar-refractivity contribution in [1.82, 2.24) is 9.80 Å². The molecule has 40 heavy (non-hydrogen) atoms. The minimum absolute atomic E-state index is 0.00172. The Morgan fingerprint density at radius 1 is 0.900 bits per heavy atom. The highest BCUT2D eigenvalue weighted by atomic mass is 16.2. The van der Waals surface area contributed by atoms with Gasteiger partial charge in [-0.15, -0.1) is 0 Å². The van der Waals surface area contributed by atoms with Crippen molar-refractivity contribution in [3.05, 3.63) is 83.9 Å². The minimum atomic E-state index is -0.444. The van der Waals surface area contributed by atoms with E-state index < -0.39 is 11.8 Å². The molecule has 3 aromatic rings. The standard InChI is InChI=1S/C34H43N3O3/c1-4-11-30(32(35)38)31(22-24(2)3)34(40)36-20-18-28(19-21-36)37(33(39)26-13-6-5-7-14-26)23-27-16-10-15-25-12-8-9-17-29(25)27/h5-10,12-17,24,28,30-31H,4,11,18-23H2,1-3H3,(H2,35,38)/t30-,31+/m0/s1. The summed E-state index contributed by atoms with van der Waals surface area (Å²) in [5, 5.41) is 2.30. The summed E-state index contributed by atoms with van der Waals surface area (Å²) in [6, 6.07) is 23.9. The van der Waals surface area contributed by atoms with E-state index in [4.69, 9.17) is 5.73 Å². The molecule has 0 spiro atoms. The summed E-state index contributed by atoms with van der Waals surface area (Å²) >= 11 is 0. The average molecular weight is 542 g/mol. The number of carbonyl (C=O) groups is 3. The van der Waals surface area contributed by atoms with Gasteiger partial charge in [-0.2, -0.15) is 0 Å². The number of hydrogen-bond acceptors (Lipinski definition) is 3. The second-order valence-corrected chi connectivity index (χ2v) is 11.5. The van der Waals surface area contributed by atoms with Crippen molar-refractivity contribution in [2.45, 2.75) is 65.5 Å². The van der Waals surface area contributed by atoms with Crippen molar-refractivity contribution in [3.63, 3.8) is 0 Å². The number of rotatable bonds is 11. The van der Waals surface area contributed by atoms with Crippen LogP contribution in [-0.2, 0) is 16.1 Å². The molecule has 2 atom stereocenters. The van der Waals surface area contributed by atoms with E-state index in [9.17, 15) is 14.4 Å². The first-order chi connectivity index (χ1) is 19.3. The molecule has 2 N–H and O–H groups in total. The summed E-state index contributed by atoms with van der Waals surface area (Å²) in [7, 11) is 0.